The number of hydrogen-bond donors (Lipinski definition) is 2. The number of nitrogens with one attached hydrogen (secondary N) is 1. The van der Waals surface area contributed by atoms with Gasteiger partial charge in [-0.15, -0.1) is 4.91 Å². The maximum absolute atomic E-state index is 11.5. The van der Waals surface area contributed by atoms with Crippen molar-refractivity contribution in [3.05, 3.63) is 21.1 Å². The highest BCUT2D eigenvalue weighted by Gasteiger charge is 2.16. The molecule has 92 valence electrons. The largest absolute Gasteiger partial charge is 0.382 e. The van der Waals surface area contributed by atoms with Gasteiger partial charge in [-0.25, -0.2) is 4.98 Å². The Hall–Kier alpha value is -1.72. The Labute approximate surface area is 98.6 Å². The molecule has 0 radical (unpaired) electrons. The molecule has 1 aliphatic carbocycles. The fourth-order valence-electron chi connectivity index (χ4n) is 2.38. The molecule has 0 aromatic carbocycles. The lowest BCUT2D eigenvalue weighted by Gasteiger charge is -2.20. The molecule has 1 aromatic heterocycles. The van der Waals surface area contributed by atoms with Gasteiger partial charge in [-0.3, -0.25) is 4.79 Å². The van der Waals surface area contributed by atoms with Crippen LogP contribution in [0, 0.1) is 10.8 Å². The first kappa shape index (κ1) is 11.8. The Kier molecular flexibility index (Phi) is 3.51. The molecule has 0 amide bonds. The number of nitrogens with two attached hydrogens (primary N) is 1. The summed E-state index contributed by atoms with van der Waals surface area (Å²) in [7, 11) is 0. The van der Waals surface area contributed by atoms with E-state index in [0.29, 0.717) is 11.7 Å². The Morgan fingerprint density at radius 3 is 2.65 bits per heavy atom. The first-order valence-corrected chi connectivity index (χ1v) is 5.92. The molecule has 0 bridgehead atoms. The molecule has 17 heavy (non-hydrogen) atoms. The normalized spacial score (nSPS) is 16.9. The van der Waals surface area contributed by atoms with E-state index in [-0.39, 0.29) is 11.5 Å². The molecule has 1 aromatic rings. The highest BCUT2D eigenvalue weighted by atomic mass is 16.3. The first-order chi connectivity index (χ1) is 8.20. The third-order valence-electron chi connectivity index (χ3n) is 3.27. The highest BCUT2D eigenvalue weighted by molar-refractivity contribution is 5.54. The predicted octanol–water partition coefficient (Wildman–Crippen LogP) is 1.87. The average molecular weight is 236 g/mol. The zero-order chi connectivity index (χ0) is 12.3. The van der Waals surface area contributed by atoms with Crippen LogP contribution in [0.25, 0.3) is 0 Å². The minimum atomic E-state index is -0.543. The van der Waals surface area contributed by atoms with Crippen molar-refractivity contribution in [3.8, 4) is 0 Å². The first-order valence-electron chi connectivity index (χ1n) is 5.92. The Morgan fingerprint density at radius 2 is 2.06 bits per heavy atom. The monoisotopic (exact) mass is 236 g/mol. The van der Waals surface area contributed by atoms with Gasteiger partial charge in [0.15, 0.2) is 5.82 Å². The fraction of sp³-hybridized carbons (Fsp3) is 0.636. The molecule has 1 fully saturated rings. The van der Waals surface area contributed by atoms with Crippen LogP contribution in [0.2, 0.25) is 0 Å². The number of anilines is 1. The molecule has 3 N–H and O–H groups in total. The third kappa shape index (κ3) is 2.69. The summed E-state index contributed by atoms with van der Waals surface area (Å²) in [6, 6.07) is 0. The van der Waals surface area contributed by atoms with Crippen molar-refractivity contribution >= 4 is 11.5 Å². The maximum atomic E-state index is 11.5. The van der Waals surface area contributed by atoms with Crippen molar-refractivity contribution in [1.29, 1.82) is 0 Å². The van der Waals surface area contributed by atoms with Gasteiger partial charge < -0.3 is 10.7 Å². The van der Waals surface area contributed by atoms with Crippen molar-refractivity contribution in [2.45, 2.75) is 38.5 Å². The molecule has 6 heteroatoms. The molecule has 0 atom stereocenters. The summed E-state index contributed by atoms with van der Waals surface area (Å²) in [6.07, 6.45) is 6.81. The number of nitroso groups, excluding NO2 is 1. The predicted molar refractivity (Wildman–Crippen MR) is 65.0 cm³/mol. The second kappa shape index (κ2) is 5.07. The molecule has 1 heterocycles. The maximum Gasteiger partial charge on any atom is 0.282 e. The number of nitrogens with zero attached hydrogens (tertiary/aromatic N) is 2. The van der Waals surface area contributed by atoms with Gasteiger partial charge in [-0.1, -0.05) is 32.1 Å². The summed E-state index contributed by atoms with van der Waals surface area (Å²) in [5.41, 5.74) is 4.65. The number of rotatable bonds is 3. The Balaban J connectivity index is 2.16. The van der Waals surface area contributed by atoms with Crippen LogP contribution in [0.5, 0.6) is 0 Å². The number of H-pyrrole nitrogens is 1. The van der Waals surface area contributed by atoms with E-state index in [4.69, 9.17) is 5.73 Å². The molecular formula is C11H16N4O2. The van der Waals surface area contributed by atoms with Crippen LogP contribution < -0.4 is 11.3 Å². The van der Waals surface area contributed by atoms with Gasteiger partial charge in [0.25, 0.3) is 5.56 Å². The summed E-state index contributed by atoms with van der Waals surface area (Å²) < 4.78 is 0. The SMILES string of the molecule is Nc1nc(CC2CCCCC2)[nH]c(=O)c1N=O. The summed E-state index contributed by atoms with van der Waals surface area (Å²) in [5.74, 6) is 1.04. The van der Waals surface area contributed by atoms with Gasteiger partial charge in [0, 0.05) is 6.42 Å². The molecule has 1 saturated carbocycles. The molecule has 0 spiro atoms. The molecule has 1 aliphatic rings. The summed E-state index contributed by atoms with van der Waals surface area (Å²) in [5, 5.41) is 2.58. The lowest BCUT2D eigenvalue weighted by molar-refractivity contribution is 0.351. The molecule has 6 nitrogen and oxygen atoms in total. The van der Waals surface area contributed by atoms with E-state index >= 15 is 0 Å². The molecule has 0 unspecified atom stereocenters. The Morgan fingerprint density at radius 1 is 1.35 bits per heavy atom. The smallest absolute Gasteiger partial charge is 0.282 e. The van der Waals surface area contributed by atoms with Crippen LogP contribution in [0.1, 0.15) is 37.9 Å². The van der Waals surface area contributed by atoms with E-state index in [1.165, 1.54) is 19.3 Å². The lowest BCUT2D eigenvalue weighted by atomic mass is 9.87. The second-order valence-corrected chi connectivity index (χ2v) is 4.55. The van der Waals surface area contributed by atoms with E-state index in [0.717, 1.165) is 19.3 Å². The quantitative estimate of drug-likeness (QED) is 0.782. The zero-order valence-electron chi connectivity index (χ0n) is 9.61. The average Bonchev–Trinajstić information content (AvgIpc) is 2.30. The van der Waals surface area contributed by atoms with E-state index in [1.807, 2.05) is 0 Å². The molecule has 0 aliphatic heterocycles. The van der Waals surface area contributed by atoms with Gasteiger partial charge in [0.2, 0.25) is 5.69 Å². The Bertz CT molecular complexity index is 463. The van der Waals surface area contributed by atoms with E-state index < -0.39 is 5.56 Å². The molecule has 0 saturated heterocycles. The highest BCUT2D eigenvalue weighted by Crippen LogP contribution is 2.26. The van der Waals surface area contributed by atoms with Gasteiger partial charge >= 0.3 is 0 Å². The lowest BCUT2D eigenvalue weighted by Crippen LogP contribution is -2.17. The second-order valence-electron chi connectivity index (χ2n) is 4.55. The summed E-state index contributed by atoms with van der Waals surface area (Å²) in [4.78, 5) is 28.4. The summed E-state index contributed by atoms with van der Waals surface area (Å²) >= 11 is 0. The topological polar surface area (TPSA) is 101 Å². The van der Waals surface area contributed by atoms with Gasteiger partial charge in [-0.2, -0.15) is 0 Å². The standard InChI is InChI=1S/C11H16N4O2/c12-10-9(15-17)11(16)14-8(13-10)6-7-4-2-1-3-5-7/h7H,1-6H2,(H3,12,13,14,16). The fourth-order valence-corrected chi connectivity index (χ4v) is 2.38. The van der Waals surface area contributed by atoms with Crippen LogP contribution in [0.4, 0.5) is 11.5 Å². The minimum Gasteiger partial charge on any atom is -0.382 e. The zero-order valence-corrected chi connectivity index (χ0v) is 9.61. The van der Waals surface area contributed by atoms with Gasteiger partial charge in [-0.05, 0) is 11.1 Å². The van der Waals surface area contributed by atoms with Gasteiger partial charge in [0.1, 0.15) is 5.82 Å². The molecule has 2 rings (SSSR count). The number of aromatic amines is 1. The van der Waals surface area contributed by atoms with Crippen LogP contribution in [0.15, 0.2) is 9.97 Å². The van der Waals surface area contributed by atoms with E-state index in [2.05, 4.69) is 15.1 Å². The third-order valence-corrected chi connectivity index (χ3v) is 3.27. The van der Waals surface area contributed by atoms with Crippen LogP contribution in [-0.2, 0) is 6.42 Å². The number of nitrogen functional groups attached to an aromatic ring is 1. The van der Waals surface area contributed by atoms with Crippen molar-refractivity contribution in [2.75, 3.05) is 5.73 Å². The number of hydrogen-bond acceptors (Lipinski definition) is 5. The van der Waals surface area contributed by atoms with E-state index in [9.17, 15) is 9.70 Å². The minimum absolute atomic E-state index is 0.0745. The molecular weight excluding hydrogens is 220 g/mol. The number of aromatic nitrogens is 2. The van der Waals surface area contributed by atoms with Crippen LogP contribution >= 0.6 is 0 Å². The van der Waals surface area contributed by atoms with Crippen molar-refractivity contribution in [2.24, 2.45) is 11.1 Å². The van der Waals surface area contributed by atoms with Crippen LogP contribution in [-0.4, -0.2) is 9.97 Å². The van der Waals surface area contributed by atoms with Crippen molar-refractivity contribution in [1.82, 2.24) is 9.97 Å². The van der Waals surface area contributed by atoms with E-state index in [1.54, 1.807) is 0 Å². The van der Waals surface area contributed by atoms with Crippen LogP contribution in [0.3, 0.4) is 0 Å². The van der Waals surface area contributed by atoms with Gasteiger partial charge in [0.05, 0.1) is 0 Å². The van der Waals surface area contributed by atoms with Crippen molar-refractivity contribution in [3.63, 3.8) is 0 Å². The summed E-state index contributed by atoms with van der Waals surface area (Å²) in [6.45, 7) is 0. The van der Waals surface area contributed by atoms with Crippen molar-refractivity contribution < 1.29 is 0 Å².